The van der Waals surface area contributed by atoms with Crippen molar-refractivity contribution >= 4 is 0 Å². The summed E-state index contributed by atoms with van der Waals surface area (Å²) in [5.41, 5.74) is 2.44. The van der Waals surface area contributed by atoms with E-state index in [4.69, 9.17) is 4.74 Å². The predicted octanol–water partition coefficient (Wildman–Crippen LogP) is 2.83. The third-order valence-corrected chi connectivity index (χ3v) is 3.35. The molecule has 1 aliphatic rings. The van der Waals surface area contributed by atoms with Gasteiger partial charge in [-0.25, -0.2) is 4.39 Å². The van der Waals surface area contributed by atoms with Gasteiger partial charge in [0, 0.05) is 19.8 Å². The molecule has 0 saturated heterocycles. The summed E-state index contributed by atoms with van der Waals surface area (Å²) in [4.78, 5) is 0. The molecule has 1 aromatic carbocycles. The van der Waals surface area contributed by atoms with Gasteiger partial charge in [0.25, 0.3) is 0 Å². The number of nitrogens with one attached hydrogen (secondary N) is 1. The molecule has 0 bridgehead atoms. The van der Waals surface area contributed by atoms with Crippen molar-refractivity contribution in [2.24, 2.45) is 0 Å². The first-order chi connectivity index (χ1) is 8.31. The molecule has 0 fully saturated rings. The van der Waals surface area contributed by atoms with Crippen molar-refractivity contribution in [3.8, 4) is 0 Å². The molecule has 0 amide bonds. The van der Waals surface area contributed by atoms with Crippen LogP contribution in [0.3, 0.4) is 0 Å². The van der Waals surface area contributed by atoms with E-state index in [-0.39, 0.29) is 5.82 Å². The van der Waals surface area contributed by atoms with Crippen LogP contribution < -0.4 is 5.32 Å². The number of fused-ring (bicyclic) bond motifs is 1. The van der Waals surface area contributed by atoms with Crippen LogP contribution in [0.1, 0.15) is 36.4 Å². The van der Waals surface area contributed by atoms with Crippen LogP contribution in [0.2, 0.25) is 0 Å². The molecule has 94 valence electrons. The standard InChI is InChI=1S/C14H20FNO/c1-17-9-3-2-8-16-14-7-4-11-10-12(15)5-6-13(11)14/h5-6,10,14,16H,2-4,7-9H2,1H3. The molecule has 0 aromatic heterocycles. The first-order valence-corrected chi connectivity index (χ1v) is 6.32. The number of halogens is 1. The van der Waals surface area contributed by atoms with Gasteiger partial charge >= 0.3 is 0 Å². The molecule has 17 heavy (non-hydrogen) atoms. The smallest absolute Gasteiger partial charge is 0.123 e. The van der Waals surface area contributed by atoms with Gasteiger partial charge < -0.3 is 10.1 Å². The lowest BCUT2D eigenvalue weighted by atomic mass is 10.1. The Morgan fingerprint density at radius 1 is 1.41 bits per heavy atom. The van der Waals surface area contributed by atoms with Crippen molar-refractivity contribution < 1.29 is 9.13 Å². The normalized spacial score (nSPS) is 18.4. The third kappa shape index (κ3) is 3.27. The van der Waals surface area contributed by atoms with Crippen molar-refractivity contribution in [2.75, 3.05) is 20.3 Å². The average Bonchev–Trinajstić information content (AvgIpc) is 2.71. The zero-order valence-corrected chi connectivity index (χ0v) is 10.3. The maximum atomic E-state index is 13.0. The van der Waals surface area contributed by atoms with Crippen LogP contribution in [0.15, 0.2) is 18.2 Å². The molecule has 0 saturated carbocycles. The fraction of sp³-hybridized carbons (Fsp3) is 0.571. The Morgan fingerprint density at radius 3 is 3.12 bits per heavy atom. The van der Waals surface area contributed by atoms with Crippen LogP contribution in [0, 0.1) is 5.82 Å². The van der Waals surface area contributed by atoms with Gasteiger partial charge in [0.15, 0.2) is 0 Å². The fourth-order valence-corrected chi connectivity index (χ4v) is 2.45. The Labute approximate surface area is 102 Å². The highest BCUT2D eigenvalue weighted by atomic mass is 19.1. The van der Waals surface area contributed by atoms with E-state index >= 15 is 0 Å². The van der Waals surface area contributed by atoms with Gasteiger partial charge in [-0.2, -0.15) is 0 Å². The highest BCUT2D eigenvalue weighted by Gasteiger charge is 2.21. The largest absolute Gasteiger partial charge is 0.385 e. The maximum Gasteiger partial charge on any atom is 0.123 e. The highest BCUT2D eigenvalue weighted by molar-refractivity contribution is 5.34. The van der Waals surface area contributed by atoms with Gasteiger partial charge in [0.05, 0.1) is 0 Å². The molecule has 1 unspecified atom stereocenters. The second-order valence-electron chi connectivity index (χ2n) is 4.59. The van der Waals surface area contributed by atoms with Crippen LogP contribution in [0.4, 0.5) is 4.39 Å². The van der Waals surface area contributed by atoms with E-state index in [1.165, 1.54) is 11.1 Å². The number of benzene rings is 1. The molecule has 1 atom stereocenters. The van der Waals surface area contributed by atoms with Crippen molar-refractivity contribution in [1.29, 1.82) is 0 Å². The third-order valence-electron chi connectivity index (χ3n) is 3.35. The monoisotopic (exact) mass is 237 g/mol. The van der Waals surface area contributed by atoms with Gasteiger partial charge in [-0.15, -0.1) is 0 Å². The minimum absolute atomic E-state index is 0.121. The average molecular weight is 237 g/mol. The summed E-state index contributed by atoms with van der Waals surface area (Å²) < 4.78 is 18.1. The van der Waals surface area contributed by atoms with Gasteiger partial charge in [0.1, 0.15) is 5.82 Å². The Morgan fingerprint density at radius 2 is 2.29 bits per heavy atom. The first-order valence-electron chi connectivity index (χ1n) is 6.32. The van der Waals surface area contributed by atoms with Gasteiger partial charge in [0.2, 0.25) is 0 Å². The Bertz CT molecular complexity index is 367. The summed E-state index contributed by atoms with van der Waals surface area (Å²) in [5, 5.41) is 3.54. The Balaban J connectivity index is 1.81. The van der Waals surface area contributed by atoms with E-state index < -0.39 is 0 Å². The van der Waals surface area contributed by atoms with E-state index in [1.54, 1.807) is 19.2 Å². The van der Waals surface area contributed by atoms with Crippen LogP contribution in [0.25, 0.3) is 0 Å². The molecule has 3 heteroatoms. The minimum Gasteiger partial charge on any atom is -0.385 e. The fourth-order valence-electron chi connectivity index (χ4n) is 2.45. The van der Waals surface area contributed by atoms with E-state index in [2.05, 4.69) is 5.32 Å². The summed E-state index contributed by atoms with van der Waals surface area (Å²) in [6.07, 6.45) is 4.29. The first kappa shape index (κ1) is 12.5. The Hall–Kier alpha value is -0.930. The zero-order valence-electron chi connectivity index (χ0n) is 10.3. The number of unbranched alkanes of at least 4 members (excludes halogenated alkanes) is 1. The second kappa shape index (κ2) is 6.12. The molecular formula is C14H20FNO. The number of ether oxygens (including phenoxy) is 1. The molecular weight excluding hydrogens is 217 g/mol. The van der Waals surface area contributed by atoms with E-state index in [0.29, 0.717) is 6.04 Å². The van der Waals surface area contributed by atoms with Crippen molar-refractivity contribution in [3.63, 3.8) is 0 Å². The molecule has 2 nitrogen and oxygen atoms in total. The van der Waals surface area contributed by atoms with Gasteiger partial charge in [-0.05, 0) is 55.5 Å². The topological polar surface area (TPSA) is 21.3 Å². The summed E-state index contributed by atoms with van der Waals surface area (Å²) in [6, 6.07) is 5.56. The summed E-state index contributed by atoms with van der Waals surface area (Å²) in [7, 11) is 1.73. The lowest BCUT2D eigenvalue weighted by molar-refractivity contribution is 0.192. The van der Waals surface area contributed by atoms with Crippen LogP contribution >= 0.6 is 0 Å². The molecule has 0 aliphatic heterocycles. The predicted molar refractivity (Wildman–Crippen MR) is 66.6 cm³/mol. The lowest BCUT2D eigenvalue weighted by Crippen LogP contribution is -2.20. The molecule has 2 rings (SSSR count). The van der Waals surface area contributed by atoms with E-state index in [0.717, 1.165) is 38.8 Å². The number of rotatable bonds is 6. The quantitative estimate of drug-likeness (QED) is 0.768. The zero-order chi connectivity index (χ0) is 12.1. The van der Waals surface area contributed by atoms with Crippen LogP contribution in [0.5, 0.6) is 0 Å². The molecule has 0 radical (unpaired) electrons. The second-order valence-corrected chi connectivity index (χ2v) is 4.59. The van der Waals surface area contributed by atoms with E-state index in [1.807, 2.05) is 6.07 Å². The molecule has 0 heterocycles. The Kier molecular flexibility index (Phi) is 4.51. The van der Waals surface area contributed by atoms with Crippen molar-refractivity contribution in [1.82, 2.24) is 5.32 Å². The van der Waals surface area contributed by atoms with Crippen molar-refractivity contribution in [2.45, 2.75) is 31.7 Å². The summed E-state index contributed by atoms with van der Waals surface area (Å²) in [6.45, 7) is 1.83. The molecule has 1 N–H and O–H groups in total. The maximum absolute atomic E-state index is 13.0. The number of aryl methyl sites for hydroxylation is 1. The van der Waals surface area contributed by atoms with Gasteiger partial charge in [-0.3, -0.25) is 0 Å². The summed E-state index contributed by atoms with van der Waals surface area (Å²) in [5.74, 6) is -0.121. The van der Waals surface area contributed by atoms with Crippen molar-refractivity contribution in [3.05, 3.63) is 35.1 Å². The summed E-state index contributed by atoms with van der Waals surface area (Å²) >= 11 is 0. The number of hydrogen-bond donors (Lipinski definition) is 1. The minimum atomic E-state index is -0.121. The number of hydrogen-bond acceptors (Lipinski definition) is 2. The molecule has 1 aromatic rings. The van der Waals surface area contributed by atoms with Crippen LogP contribution in [-0.4, -0.2) is 20.3 Å². The SMILES string of the molecule is COCCCCNC1CCc2cc(F)ccc21. The number of methoxy groups -OCH3 is 1. The van der Waals surface area contributed by atoms with Gasteiger partial charge in [-0.1, -0.05) is 6.07 Å². The highest BCUT2D eigenvalue weighted by Crippen LogP contribution is 2.31. The van der Waals surface area contributed by atoms with E-state index in [9.17, 15) is 4.39 Å². The molecule has 1 aliphatic carbocycles. The molecule has 0 spiro atoms. The van der Waals surface area contributed by atoms with Crippen LogP contribution in [-0.2, 0) is 11.2 Å². The lowest BCUT2D eigenvalue weighted by Gasteiger charge is -2.13.